The van der Waals surface area contributed by atoms with Crippen molar-refractivity contribution in [3.05, 3.63) is 33.0 Å². The van der Waals surface area contributed by atoms with Crippen LogP contribution in [0.3, 0.4) is 0 Å². The number of nitrogens with one attached hydrogen (secondary N) is 1. The van der Waals surface area contributed by atoms with E-state index in [1.54, 1.807) is 28.5 Å². The Morgan fingerprint density at radius 2 is 2.19 bits per heavy atom. The third kappa shape index (κ3) is 1.71. The number of hydrazine groups is 1. The van der Waals surface area contributed by atoms with Crippen LogP contribution in [-0.2, 0) is 12.8 Å². The number of anilines is 1. The molecular formula is C10H9Cl2N3S. The number of thiazole rings is 1. The van der Waals surface area contributed by atoms with Crippen LogP contribution >= 0.6 is 34.5 Å². The highest BCUT2D eigenvalue weighted by Gasteiger charge is 2.22. The summed E-state index contributed by atoms with van der Waals surface area (Å²) in [5.41, 5.74) is 4.18. The Kier molecular flexibility index (Phi) is 2.58. The lowest BCUT2D eigenvalue weighted by atomic mass is 10.4. The highest BCUT2D eigenvalue weighted by molar-refractivity contribution is 7.15. The van der Waals surface area contributed by atoms with Crippen LogP contribution in [0.15, 0.2) is 22.5 Å². The quantitative estimate of drug-likeness (QED) is 0.797. The molecule has 0 amide bonds. The maximum atomic E-state index is 6.09. The van der Waals surface area contributed by atoms with Gasteiger partial charge >= 0.3 is 0 Å². The third-order valence-corrected chi connectivity index (χ3v) is 4.22. The molecule has 0 unspecified atom stereocenters. The standard InChI is InChI=1S/C10H9Cl2N3S/c11-8-4-5-9(12)15(14-8)10-13-6-2-1-3-7(6)16-10/h4-5,14H,1-3H2. The molecule has 0 aromatic carbocycles. The van der Waals surface area contributed by atoms with Gasteiger partial charge in [-0.2, -0.15) is 0 Å². The van der Waals surface area contributed by atoms with Crippen LogP contribution in [0.1, 0.15) is 17.0 Å². The number of hydrogen-bond donors (Lipinski definition) is 1. The average molecular weight is 274 g/mol. The van der Waals surface area contributed by atoms with E-state index in [0.29, 0.717) is 10.3 Å². The topological polar surface area (TPSA) is 28.2 Å². The van der Waals surface area contributed by atoms with Gasteiger partial charge in [-0.25, -0.2) is 9.99 Å². The summed E-state index contributed by atoms with van der Waals surface area (Å²) in [6.07, 6.45) is 6.90. The Bertz CT molecular complexity index is 471. The molecule has 1 aromatic rings. The van der Waals surface area contributed by atoms with Crippen LogP contribution in [0, 0.1) is 0 Å². The SMILES string of the molecule is ClC1=CC=C(Cl)N(c2nc3c(s2)CCC3)N1. The van der Waals surface area contributed by atoms with Gasteiger partial charge in [0.15, 0.2) is 0 Å². The fraction of sp³-hybridized carbons (Fsp3) is 0.300. The summed E-state index contributed by atoms with van der Waals surface area (Å²) in [5.74, 6) is 0. The van der Waals surface area contributed by atoms with Crippen molar-refractivity contribution < 1.29 is 0 Å². The van der Waals surface area contributed by atoms with E-state index in [2.05, 4.69) is 10.4 Å². The van der Waals surface area contributed by atoms with E-state index >= 15 is 0 Å². The average Bonchev–Trinajstić information content (AvgIpc) is 2.81. The summed E-state index contributed by atoms with van der Waals surface area (Å²) in [4.78, 5) is 5.94. The van der Waals surface area contributed by atoms with E-state index in [-0.39, 0.29) is 0 Å². The molecule has 1 aliphatic carbocycles. The number of aromatic nitrogens is 1. The second-order valence-electron chi connectivity index (χ2n) is 3.67. The van der Waals surface area contributed by atoms with Crippen molar-refractivity contribution in [3.63, 3.8) is 0 Å². The zero-order valence-electron chi connectivity index (χ0n) is 8.33. The van der Waals surface area contributed by atoms with Crippen molar-refractivity contribution in [2.45, 2.75) is 19.3 Å². The molecule has 1 aromatic heterocycles. The molecule has 84 valence electrons. The number of fused-ring (bicyclic) bond motifs is 1. The molecular weight excluding hydrogens is 265 g/mol. The van der Waals surface area contributed by atoms with Gasteiger partial charge in [0.05, 0.1) is 5.69 Å². The second kappa shape index (κ2) is 3.95. The molecule has 0 saturated heterocycles. The maximum Gasteiger partial charge on any atom is 0.210 e. The van der Waals surface area contributed by atoms with E-state index in [4.69, 9.17) is 23.2 Å². The van der Waals surface area contributed by atoms with Crippen molar-refractivity contribution >= 4 is 39.7 Å². The summed E-state index contributed by atoms with van der Waals surface area (Å²) < 4.78 is 0. The normalized spacial score (nSPS) is 19.0. The number of rotatable bonds is 1. The molecule has 6 heteroatoms. The van der Waals surface area contributed by atoms with Crippen LogP contribution in [0.4, 0.5) is 5.13 Å². The summed E-state index contributed by atoms with van der Waals surface area (Å²) >= 11 is 13.7. The maximum absolute atomic E-state index is 6.09. The van der Waals surface area contributed by atoms with Crippen molar-refractivity contribution in [2.75, 3.05) is 5.01 Å². The molecule has 0 spiro atoms. The minimum absolute atomic E-state index is 0.541. The molecule has 0 saturated carbocycles. The Hall–Kier alpha value is -0.710. The van der Waals surface area contributed by atoms with Gasteiger partial charge in [0.25, 0.3) is 0 Å². The molecule has 16 heavy (non-hydrogen) atoms. The largest absolute Gasteiger partial charge is 0.280 e. The minimum Gasteiger partial charge on any atom is -0.280 e. The van der Waals surface area contributed by atoms with Crippen molar-refractivity contribution in [1.29, 1.82) is 0 Å². The van der Waals surface area contributed by atoms with Crippen molar-refractivity contribution in [1.82, 2.24) is 10.4 Å². The summed E-state index contributed by atoms with van der Waals surface area (Å²) in [6.45, 7) is 0. The Morgan fingerprint density at radius 3 is 3.00 bits per heavy atom. The molecule has 1 N–H and O–H groups in total. The second-order valence-corrected chi connectivity index (χ2v) is 5.53. The van der Waals surface area contributed by atoms with Gasteiger partial charge in [0, 0.05) is 4.88 Å². The van der Waals surface area contributed by atoms with E-state index in [0.717, 1.165) is 18.0 Å². The van der Waals surface area contributed by atoms with Gasteiger partial charge in [-0.05, 0) is 31.4 Å². The van der Waals surface area contributed by atoms with Gasteiger partial charge in [-0.1, -0.05) is 34.5 Å². The van der Waals surface area contributed by atoms with Gasteiger partial charge in [0.1, 0.15) is 10.3 Å². The van der Waals surface area contributed by atoms with Crippen LogP contribution in [0.2, 0.25) is 0 Å². The van der Waals surface area contributed by atoms with Crippen molar-refractivity contribution in [2.24, 2.45) is 0 Å². The molecule has 3 rings (SSSR count). The van der Waals surface area contributed by atoms with E-state index in [9.17, 15) is 0 Å². The molecule has 0 bridgehead atoms. The molecule has 2 heterocycles. The summed E-state index contributed by atoms with van der Waals surface area (Å²) in [7, 11) is 0. The van der Waals surface area contributed by atoms with Crippen LogP contribution in [-0.4, -0.2) is 4.98 Å². The predicted octanol–water partition coefficient (Wildman–Crippen LogP) is 3.12. The van der Waals surface area contributed by atoms with Crippen LogP contribution < -0.4 is 10.4 Å². The molecule has 1 aliphatic heterocycles. The fourth-order valence-corrected chi connectivity index (χ4v) is 3.33. The lowest BCUT2D eigenvalue weighted by Gasteiger charge is -2.24. The number of allylic oxidation sites excluding steroid dienone is 2. The molecule has 3 nitrogen and oxygen atoms in total. The Labute approximate surface area is 107 Å². The molecule has 0 fully saturated rings. The zero-order valence-corrected chi connectivity index (χ0v) is 10.7. The van der Waals surface area contributed by atoms with Gasteiger partial charge in [-0.15, -0.1) is 0 Å². The third-order valence-electron chi connectivity index (χ3n) is 2.58. The molecule has 0 atom stereocenters. The monoisotopic (exact) mass is 273 g/mol. The fourth-order valence-electron chi connectivity index (χ4n) is 1.83. The van der Waals surface area contributed by atoms with E-state index in [1.807, 2.05) is 0 Å². The summed E-state index contributed by atoms with van der Waals surface area (Å²) in [5, 5.41) is 3.70. The zero-order chi connectivity index (χ0) is 11.1. The van der Waals surface area contributed by atoms with Crippen LogP contribution in [0.25, 0.3) is 0 Å². The first kappa shape index (κ1) is 10.4. The first-order chi connectivity index (χ1) is 7.74. The predicted molar refractivity (Wildman–Crippen MR) is 67.6 cm³/mol. The smallest absolute Gasteiger partial charge is 0.210 e. The van der Waals surface area contributed by atoms with Crippen molar-refractivity contribution in [3.8, 4) is 0 Å². The van der Waals surface area contributed by atoms with Gasteiger partial charge in [-0.3, -0.25) is 5.43 Å². The van der Waals surface area contributed by atoms with Gasteiger partial charge in [0.2, 0.25) is 5.13 Å². The lowest BCUT2D eigenvalue weighted by molar-refractivity contribution is 0.824. The Morgan fingerprint density at radius 1 is 1.31 bits per heavy atom. The number of halogens is 2. The lowest BCUT2D eigenvalue weighted by Crippen LogP contribution is -2.35. The number of aryl methyl sites for hydroxylation is 2. The first-order valence-corrected chi connectivity index (χ1v) is 6.59. The van der Waals surface area contributed by atoms with Crippen LogP contribution in [0.5, 0.6) is 0 Å². The number of hydrogen-bond acceptors (Lipinski definition) is 4. The minimum atomic E-state index is 0.541. The molecule has 0 radical (unpaired) electrons. The van der Waals surface area contributed by atoms with E-state index in [1.165, 1.54) is 17.0 Å². The first-order valence-electron chi connectivity index (χ1n) is 5.02. The van der Waals surface area contributed by atoms with Gasteiger partial charge < -0.3 is 0 Å². The number of nitrogens with zero attached hydrogens (tertiary/aromatic N) is 2. The highest BCUT2D eigenvalue weighted by Crippen LogP contribution is 2.34. The highest BCUT2D eigenvalue weighted by atomic mass is 35.5. The summed E-state index contributed by atoms with van der Waals surface area (Å²) in [6, 6.07) is 0. The Balaban J connectivity index is 1.93. The molecule has 2 aliphatic rings. The van der Waals surface area contributed by atoms with E-state index < -0.39 is 0 Å².